The summed E-state index contributed by atoms with van der Waals surface area (Å²) < 4.78 is 25.9. The topological polar surface area (TPSA) is 154 Å². The molecule has 7 rings (SSSR count). The highest BCUT2D eigenvalue weighted by molar-refractivity contribution is 7.85. The zero-order chi connectivity index (χ0) is 28.5. The number of aromatic nitrogens is 2. The molecular formula is C29H17ClN2O7S. The van der Waals surface area contributed by atoms with Gasteiger partial charge in [-0.3, -0.25) is 23.7 Å². The van der Waals surface area contributed by atoms with Gasteiger partial charge in [0.1, 0.15) is 0 Å². The van der Waals surface area contributed by atoms with Gasteiger partial charge in [-0.15, -0.1) is 0 Å². The Morgan fingerprint density at radius 2 is 1.02 bits per heavy atom. The molecule has 6 aromatic carbocycles. The van der Waals surface area contributed by atoms with E-state index in [0.717, 1.165) is 0 Å². The van der Waals surface area contributed by atoms with Crippen LogP contribution in [0.1, 0.15) is 0 Å². The Morgan fingerprint density at radius 1 is 0.600 bits per heavy atom. The second kappa shape index (κ2) is 8.95. The molecule has 0 saturated carbocycles. The average Bonchev–Trinajstić information content (AvgIpc) is 2.91. The summed E-state index contributed by atoms with van der Waals surface area (Å²) in [4.78, 5) is 59.7. The van der Waals surface area contributed by atoms with Crippen LogP contribution in [0.3, 0.4) is 0 Å². The third kappa shape index (κ3) is 3.92. The van der Waals surface area contributed by atoms with Crippen LogP contribution in [0.25, 0.3) is 65.2 Å². The Labute approximate surface area is 228 Å². The number of nitrogens with one attached hydrogen (secondary N) is 2. The molecule has 0 aliphatic carbocycles. The molecule has 0 aliphatic rings. The third-order valence-corrected chi connectivity index (χ3v) is 7.06. The largest absolute Gasteiger partial charge is 0.351 e. The van der Waals surface area contributed by atoms with Crippen molar-refractivity contribution in [1.82, 2.24) is 9.97 Å². The minimum absolute atomic E-state index is 0.127. The van der Waals surface area contributed by atoms with Crippen molar-refractivity contribution in [3.05, 3.63) is 113 Å². The maximum absolute atomic E-state index is 13.5. The van der Waals surface area contributed by atoms with Crippen molar-refractivity contribution in [3.8, 4) is 0 Å². The van der Waals surface area contributed by atoms with E-state index in [1.807, 2.05) is 0 Å². The summed E-state index contributed by atoms with van der Waals surface area (Å²) in [6.45, 7) is 0. The minimum Gasteiger partial charge on any atom is -0.351 e. The number of H-pyrrole nitrogens is 2. The average molecular weight is 573 g/mol. The first-order valence-corrected chi connectivity index (χ1v) is 14.0. The van der Waals surface area contributed by atoms with E-state index in [2.05, 4.69) is 9.97 Å². The smallest absolute Gasteiger partial charge is 0.261 e. The standard InChI is InChI=1S/C28H13ClN2O4.CH4O3S/c29-17-11-19-24(22-21(17)27(34)14-7-3-4-8-15(14)28(22)35)30-18-10-9-16-20(23(18)31-19)26(33)13-6-2-1-5-12(13)25(16)32;1-5(2,3)4/h1-11,30-31H;1H3,(H,2,3,4). The Morgan fingerprint density at radius 3 is 1.57 bits per heavy atom. The first-order chi connectivity index (χ1) is 19.0. The summed E-state index contributed by atoms with van der Waals surface area (Å²) in [7, 11) is -3.67. The molecule has 0 bridgehead atoms. The van der Waals surface area contributed by atoms with Crippen molar-refractivity contribution in [3.63, 3.8) is 0 Å². The number of hydrogen-bond donors (Lipinski definition) is 3. The van der Waals surface area contributed by atoms with Crippen molar-refractivity contribution < 1.29 is 13.0 Å². The molecule has 40 heavy (non-hydrogen) atoms. The Kier molecular flexibility index (Phi) is 5.74. The molecule has 0 aliphatic heterocycles. The molecule has 1 heterocycles. The van der Waals surface area contributed by atoms with E-state index in [1.165, 1.54) is 0 Å². The lowest BCUT2D eigenvalue weighted by atomic mass is 9.99. The summed E-state index contributed by atoms with van der Waals surface area (Å²) in [6, 6.07) is 18.2. The number of benzene rings is 6. The second-order valence-corrected chi connectivity index (χ2v) is 11.2. The van der Waals surface area contributed by atoms with Crippen LogP contribution in [0.2, 0.25) is 5.02 Å². The summed E-state index contributed by atoms with van der Waals surface area (Å²) in [5.41, 5.74) is 0.645. The summed E-state index contributed by atoms with van der Waals surface area (Å²) >= 11 is 6.53. The SMILES string of the molecule is CS(=O)(=O)O.O=c1c2ccccc2c(=O)c2c1ccc1[nH]c3c(cc(Cl)c4c(=O)c5ccccc5c(=O)c43)[nH]c12. The molecule has 7 aromatic rings. The number of halogens is 1. The molecule has 0 unspecified atom stereocenters. The van der Waals surface area contributed by atoms with Crippen LogP contribution in [0.5, 0.6) is 0 Å². The highest BCUT2D eigenvalue weighted by atomic mass is 35.5. The molecule has 0 radical (unpaired) electrons. The molecule has 0 saturated heterocycles. The van der Waals surface area contributed by atoms with Crippen molar-refractivity contribution in [2.75, 3.05) is 6.26 Å². The molecule has 1 aromatic heterocycles. The molecule has 9 nitrogen and oxygen atoms in total. The van der Waals surface area contributed by atoms with E-state index < -0.39 is 10.1 Å². The van der Waals surface area contributed by atoms with Gasteiger partial charge < -0.3 is 9.97 Å². The van der Waals surface area contributed by atoms with E-state index in [0.29, 0.717) is 55.3 Å². The maximum atomic E-state index is 13.5. The molecule has 0 amide bonds. The van der Waals surface area contributed by atoms with Crippen LogP contribution in [0.4, 0.5) is 0 Å². The number of hydrogen-bond acceptors (Lipinski definition) is 6. The van der Waals surface area contributed by atoms with Crippen LogP contribution < -0.4 is 21.7 Å². The van der Waals surface area contributed by atoms with Gasteiger partial charge in [-0.2, -0.15) is 8.42 Å². The van der Waals surface area contributed by atoms with Gasteiger partial charge in [0, 0.05) is 26.9 Å². The van der Waals surface area contributed by atoms with Crippen molar-refractivity contribution in [2.45, 2.75) is 0 Å². The molecule has 0 fully saturated rings. The van der Waals surface area contributed by atoms with Crippen LogP contribution in [-0.4, -0.2) is 29.2 Å². The summed E-state index contributed by atoms with van der Waals surface area (Å²) in [5, 5.41) is 2.34. The Balaban J connectivity index is 0.000000534. The van der Waals surface area contributed by atoms with Gasteiger partial charge in [0.2, 0.25) is 0 Å². The zero-order valence-electron chi connectivity index (χ0n) is 20.5. The van der Waals surface area contributed by atoms with Crippen molar-refractivity contribution >= 4 is 86.9 Å². The minimum atomic E-state index is -3.67. The lowest BCUT2D eigenvalue weighted by molar-refractivity contribution is 0.490. The fraction of sp³-hybridized carbons (Fsp3) is 0.0345. The normalized spacial score (nSPS) is 12.0. The van der Waals surface area contributed by atoms with Crippen LogP contribution in [0.15, 0.2) is 85.9 Å². The van der Waals surface area contributed by atoms with Gasteiger partial charge in [0.15, 0.2) is 21.7 Å². The highest BCUT2D eigenvalue weighted by Gasteiger charge is 2.19. The maximum Gasteiger partial charge on any atom is 0.261 e. The monoisotopic (exact) mass is 572 g/mol. The molecule has 198 valence electrons. The van der Waals surface area contributed by atoms with E-state index in [9.17, 15) is 27.6 Å². The third-order valence-electron chi connectivity index (χ3n) is 6.76. The van der Waals surface area contributed by atoms with Gasteiger partial charge in [-0.1, -0.05) is 60.1 Å². The molecular weight excluding hydrogens is 556 g/mol. The molecule has 11 heteroatoms. The fourth-order valence-electron chi connectivity index (χ4n) is 5.17. The fourth-order valence-corrected chi connectivity index (χ4v) is 5.46. The van der Waals surface area contributed by atoms with Crippen LogP contribution in [-0.2, 0) is 10.1 Å². The summed E-state index contributed by atoms with van der Waals surface area (Å²) in [5.74, 6) is 0. The predicted molar refractivity (Wildman–Crippen MR) is 159 cm³/mol. The van der Waals surface area contributed by atoms with Crippen LogP contribution in [0, 0.1) is 0 Å². The van der Waals surface area contributed by atoms with Gasteiger partial charge in [-0.05, 0) is 18.2 Å². The van der Waals surface area contributed by atoms with E-state index in [-0.39, 0.29) is 42.9 Å². The Hall–Kier alpha value is -4.64. The lowest BCUT2D eigenvalue weighted by Crippen LogP contribution is -2.15. The van der Waals surface area contributed by atoms with Crippen molar-refractivity contribution in [1.29, 1.82) is 0 Å². The molecule has 0 spiro atoms. The number of rotatable bonds is 0. The second-order valence-electron chi connectivity index (χ2n) is 9.33. The number of aromatic amines is 2. The molecule has 3 N–H and O–H groups in total. The lowest BCUT2D eigenvalue weighted by Gasteiger charge is -2.11. The quantitative estimate of drug-likeness (QED) is 0.139. The van der Waals surface area contributed by atoms with Crippen molar-refractivity contribution in [2.24, 2.45) is 0 Å². The van der Waals surface area contributed by atoms with Crippen LogP contribution >= 0.6 is 11.6 Å². The summed E-state index contributed by atoms with van der Waals surface area (Å²) in [6.07, 6.45) is 0.715. The highest BCUT2D eigenvalue weighted by Crippen LogP contribution is 2.30. The van der Waals surface area contributed by atoms with E-state index in [1.54, 1.807) is 66.7 Å². The molecule has 0 atom stereocenters. The zero-order valence-corrected chi connectivity index (χ0v) is 22.1. The first-order valence-electron chi connectivity index (χ1n) is 11.8. The van der Waals surface area contributed by atoms with Gasteiger partial charge >= 0.3 is 0 Å². The first kappa shape index (κ1) is 25.6. The van der Waals surface area contributed by atoms with E-state index in [4.69, 9.17) is 16.2 Å². The Bertz CT molecular complexity index is 2570. The van der Waals surface area contributed by atoms with Gasteiger partial charge in [0.25, 0.3) is 10.1 Å². The number of fused-ring (bicyclic) bond motifs is 8. The van der Waals surface area contributed by atoms with Gasteiger partial charge in [-0.25, -0.2) is 0 Å². The van der Waals surface area contributed by atoms with Gasteiger partial charge in [0.05, 0.1) is 49.5 Å². The predicted octanol–water partition coefficient (Wildman–Crippen LogP) is 4.30. The van der Waals surface area contributed by atoms with E-state index >= 15 is 0 Å².